The molecule has 2 rings (SSSR count). The summed E-state index contributed by atoms with van der Waals surface area (Å²) in [5.41, 5.74) is 5.01. The molecule has 0 atom stereocenters. The number of hydrogen-bond acceptors (Lipinski definition) is 4. The fourth-order valence-corrected chi connectivity index (χ4v) is 1.92. The average Bonchev–Trinajstić information content (AvgIpc) is 2.58. The number of nitriles is 1. The molecule has 0 aromatic heterocycles. The minimum Gasteiger partial charge on any atom is -0.482 e. The van der Waals surface area contributed by atoms with Crippen LogP contribution < -0.4 is 15.6 Å². The SMILES string of the molecule is N#Cc1ccccc1OCC(=O)NNC(=O)c1ccccc1Cl. The van der Waals surface area contributed by atoms with Gasteiger partial charge in [-0.3, -0.25) is 20.4 Å². The predicted octanol–water partition coefficient (Wildman–Crippen LogP) is 2.05. The Bertz CT molecular complexity index is 771. The lowest BCUT2D eigenvalue weighted by molar-refractivity contribution is -0.123. The van der Waals surface area contributed by atoms with Gasteiger partial charge in [0, 0.05) is 0 Å². The van der Waals surface area contributed by atoms with Gasteiger partial charge in [-0.05, 0) is 24.3 Å². The van der Waals surface area contributed by atoms with Gasteiger partial charge in [0.2, 0.25) is 0 Å². The summed E-state index contributed by atoms with van der Waals surface area (Å²) in [6.07, 6.45) is 0. The van der Waals surface area contributed by atoms with Gasteiger partial charge in [0.15, 0.2) is 6.61 Å². The van der Waals surface area contributed by atoms with E-state index in [1.807, 2.05) is 6.07 Å². The van der Waals surface area contributed by atoms with E-state index in [0.29, 0.717) is 11.3 Å². The van der Waals surface area contributed by atoms with Crippen LogP contribution in [-0.4, -0.2) is 18.4 Å². The highest BCUT2D eigenvalue weighted by Crippen LogP contribution is 2.16. The van der Waals surface area contributed by atoms with Crippen LogP contribution in [0.1, 0.15) is 15.9 Å². The highest BCUT2D eigenvalue weighted by molar-refractivity contribution is 6.33. The molecule has 2 aromatic carbocycles. The van der Waals surface area contributed by atoms with Crippen molar-refractivity contribution in [2.75, 3.05) is 6.61 Å². The molecule has 0 saturated heterocycles. The first-order valence-corrected chi connectivity index (χ1v) is 6.95. The van der Waals surface area contributed by atoms with Crippen LogP contribution in [0.2, 0.25) is 5.02 Å². The largest absolute Gasteiger partial charge is 0.482 e. The highest BCUT2D eigenvalue weighted by Gasteiger charge is 2.11. The second-order valence-corrected chi connectivity index (χ2v) is 4.79. The van der Waals surface area contributed by atoms with Crippen molar-refractivity contribution in [3.8, 4) is 11.8 Å². The fraction of sp³-hybridized carbons (Fsp3) is 0.0625. The van der Waals surface area contributed by atoms with Gasteiger partial charge < -0.3 is 4.74 Å². The fourth-order valence-electron chi connectivity index (χ4n) is 1.70. The molecular formula is C16H12ClN3O3. The van der Waals surface area contributed by atoms with Gasteiger partial charge in [0.25, 0.3) is 11.8 Å². The quantitative estimate of drug-likeness (QED) is 0.840. The van der Waals surface area contributed by atoms with E-state index in [0.717, 1.165) is 0 Å². The van der Waals surface area contributed by atoms with E-state index < -0.39 is 11.8 Å². The summed E-state index contributed by atoms with van der Waals surface area (Å²) in [4.78, 5) is 23.5. The van der Waals surface area contributed by atoms with Crippen molar-refractivity contribution >= 4 is 23.4 Å². The third kappa shape index (κ3) is 4.46. The third-order valence-electron chi connectivity index (χ3n) is 2.80. The number of benzene rings is 2. The van der Waals surface area contributed by atoms with Crippen LogP contribution in [0.15, 0.2) is 48.5 Å². The predicted molar refractivity (Wildman–Crippen MR) is 83.7 cm³/mol. The summed E-state index contributed by atoms with van der Waals surface area (Å²) in [5.74, 6) is -0.817. The normalized spacial score (nSPS) is 9.57. The van der Waals surface area contributed by atoms with E-state index in [-0.39, 0.29) is 17.2 Å². The zero-order valence-electron chi connectivity index (χ0n) is 11.9. The third-order valence-corrected chi connectivity index (χ3v) is 3.13. The summed E-state index contributed by atoms with van der Waals surface area (Å²) in [6, 6.07) is 14.9. The van der Waals surface area contributed by atoms with Crippen LogP contribution in [0.4, 0.5) is 0 Å². The molecule has 116 valence electrons. The second kappa shape index (κ2) is 7.82. The Morgan fingerprint density at radius 3 is 2.52 bits per heavy atom. The lowest BCUT2D eigenvalue weighted by Gasteiger charge is -2.10. The highest BCUT2D eigenvalue weighted by atomic mass is 35.5. The number of para-hydroxylation sites is 1. The van der Waals surface area contributed by atoms with E-state index in [4.69, 9.17) is 21.6 Å². The van der Waals surface area contributed by atoms with Gasteiger partial charge in [-0.2, -0.15) is 5.26 Å². The zero-order chi connectivity index (χ0) is 16.7. The molecule has 7 heteroatoms. The van der Waals surface area contributed by atoms with Crippen molar-refractivity contribution in [1.82, 2.24) is 10.9 Å². The van der Waals surface area contributed by atoms with Crippen LogP contribution in [0, 0.1) is 11.3 Å². The minimum absolute atomic E-state index is 0.241. The number of ether oxygens (including phenoxy) is 1. The molecule has 0 radical (unpaired) electrons. The first-order chi connectivity index (χ1) is 11.1. The molecule has 6 nitrogen and oxygen atoms in total. The molecule has 0 aliphatic carbocycles. The number of hydrogen-bond donors (Lipinski definition) is 2. The first-order valence-electron chi connectivity index (χ1n) is 6.57. The number of nitrogens with zero attached hydrogens (tertiary/aromatic N) is 1. The minimum atomic E-state index is -0.571. The maximum Gasteiger partial charge on any atom is 0.276 e. The maximum absolute atomic E-state index is 11.9. The van der Waals surface area contributed by atoms with Gasteiger partial charge in [0.1, 0.15) is 11.8 Å². The van der Waals surface area contributed by atoms with Crippen LogP contribution in [0.5, 0.6) is 5.75 Å². The van der Waals surface area contributed by atoms with Gasteiger partial charge in [0.05, 0.1) is 16.1 Å². The van der Waals surface area contributed by atoms with Crippen molar-refractivity contribution in [3.05, 3.63) is 64.7 Å². The van der Waals surface area contributed by atoms with Gasteiger partial charge in [-0.15, -0.1) is 0 Å². The van der Waals surface area contributed by atoms with Crippen LogP contribution in [-0.2, 0) is 4.79 Å². The monoisotopic (exact) mass is 329 g/mol. The molecule has 2 amide bonds. The Labute approximate surface area is 137 Å². The molecule has 0 spiro atoms. The summed E-state index contributed by atoms with van der Waals surface area (Å²) in [6.45, 7) is -0.346. The summed E-state index contributed by atoms with van der Waals surface area (Å²) < 4.78 is 5.24. The Balaban J connectivity index is 1.85. The van der Waals surface area contributed by atoms with Crippen molar-refractivity contribution in [2.45, 2.75) is 0 Å². The smallest absolute Gasteiger partial charge is 0.276 e. The van der Waals surface area contributed by atoms with E-state index >= 15 is 0 Å². The molecule has 2 N–H and O–H groups in total. The van der Waals surface area contributed by atoms with E-state index in [2.05, 4.69) is 10.9 Å². The Morgan fingerprint density at radius 1 is 1.09 bits per heavy atom. The molecule has 0 fully saturated rings. The van der Waals surface area contributed by atoms with E-state index in [9.17, 15) is 9.59 Å². The van der Waals surface area contributed by atoms with Crippen molar-refractivity contribution in [2.24, 2.45) is 0 Å². The topological polar surface area (TPSA) is 91.2 Å². The molecular weight excluding hydrogens is 318 g/mol. The van der Waals surface area contributed by atoms with Crippen molar-refractivity contribution < 1.29 is 14.3 Å². The number of hydrazine groups is 1. The molecule has 23 heavy (non-hydrogen) atoms. The number of carbonyl (C=O) groups excluding carboxylic acids is 2. The Hall–Kier alpha value is -3.04. The van der Waals surface area contributed by atoms with Crippen molar-refractivity contribution in [1.29, 1.82) is 5.26 Å². The molecule has 0 unspecified atom stereocenters. The first kappa shape index (κ1) is 16.3. The number of halogens is 1. The van der Waals surface area contributed by atoms with Crippen LogP contribution in [0.25, 0.3) is 0 Å². The van der Waals surface area contributed by atoms with E-state index in [1.165, 1.54) is 6.07 Å². The second-order valence-electron chi connectivity index (χ2n) is 4.38. The Morgan fingerprint density at radius 2 is 1.78 bits per heavy atom. The molecule has 0 aliphatic rings. The number of rotatable bonds is 4. The number of amides is 2. The number of nitrogens with one attached hydrogen (secondary N) is 2. The summed E-state index contributed by atoms with van der Waals surface area (Å²) in [7, 11) is 0. The molecule has 2 aromatic rings. The van der Waals surface area contributed by atoms with Crippen LogP contribution >= 0.6 is 11.6 Å². The van der Waals surface area contributed by atoms with Gasteiger partial charge >= 0.3 is 0 Å². The van der Waals surface area contributed by atoms with Gasteiger partial charge in [-0.25, -0.2) is 0 Å². The van der Waals surface area contributed by atoms with E-state index in [1.54, 1.807) is 42.5 Å². The Kier molecular flexibility index (Phi) is 5.56. The molecule has 0 bridgehead atoms. The van der Waals surface area contributed by atoms with Crippen LogP contribution in [0.3, 0.4) is 0 Å². The zero-order valence-corrected chi connectivity index (χ0v) is 12.6. The van der Waals surface area contributed by atoms with Crippen molar-refractivity contribution in [3.63, 3.8) is 0 Å². The lowest BCUT2D eigenvalue weighted by atomic mass is 10.2. The standard InChI is InChI=1S/C16H12ClN3O3/c17-13-7-3-2-6-12(13)16(22)20-19-15(21)10-23-14-8-4-1-5-11(14)9-18/h1-8H,10H2,(H,19,21)(H,20,22). The van der Waals surface area contributed by atoms with Gasteiger partial charge in [-0.1, -0.05) is 35.9 Å². The molecule has 0 heterocycles. The lowest BCUT2D eigenvalue weighted by Crippen LogP contribution is -2.43. The average molecular weight is 330 g/mol. The maximum atomic E-state index is 11.9. The summed E-state index contributed by atoms with van der Waals surface area (Å²) >= 11 is 5.88. The number of carbonyl (C=O) groups is 2. The summed E-state index contributed by atoms with van der Waals surface area (Å²) in [5, 5.41) is 9.19. The molecule has 0 aliphatic heterocycles. The molecule has 0 saturated carbocycles.